The average Bonchev–Trinajstić information content (AvgIpc) is 3.32. The highest BCUT2D eigenvalue weighted by Gasteiger charge is 2.78. The minimum atomic E-state index is -1.92. The van der Waals surface area contributed by atoms with Gasteiger partial charge in [0.1, 0.15) is 5.76 Å². The van der Waals surface area contributed by atoms with Gasteiger partial charge in [-0.15, -0.1) is 0 Å². The Morgan fingerprint density at radius 1 is 0.486 bits per heavy atom. The van der Waals surface area contributed by atoms with Gasteiger partial charge in [-0.2, -0.15) is 0 Å². The van der Waals surface area contributed by atoms with Crippen LogP contribution in [0.2, 0.25) is 0 Å². The molecule has 0 aromatic heterocycles. The van der Waals surface area contributed by atoms with Crippen molar-refractivity contribution in [1.82, 2.24) is 0 Å². The molecule has 4 aliphatic carbocycles. The van der Waals surface area contributed by atoms with Crippen LogP contribution in [0, 0.1) is 50.2 Å². The van der Waals surface area contributed by atoms with Gasteiger partial charge in [0.25, 0.3) is 0 Å². The molecule has 3 unspecified atom stereocenters. The molecule has 0 amide bonds. The molecular formula is C66H84O8. The number of carbonyl (C=O) groups is 7. The van der Waals surface area contributed by atoms with E-state index in [0.717, 1.165) is 33.4 Å². The van der Waals surface area contributed by atoms with Gasteiger partial charge in [0.05, 0.1) is 16.7 Å². The Labute approximate surface area is 442 Å². The van der Waals surface area contributed by atoms with Gasteiger partial charge in [-0.3, -0.25) is 33.6 Å². The summed E-state index contributed by atoms with van der Waals surface area (Å²) in [6.45, 7) is 31.2. The maximum atomic E-state index is 14.8. The number of aliphatic hydroxyl groups is 1. The second kappa shape index (κ2) is 22.5. The molecule has 0 aliphatic heterocycles. The van der Waals surface area contributed by atoms with Gasteiger partial charge in [-0.25, -0.2) is 0 Å². The number of Topliss-reactive ketones (excluding diaryl/α,β-unsaturated/α-hetero) is 7. The van der Waals surface area contributed by atoms with Crippen LogP contribution in [0.1, 0.15) is 183 Å². The van der Waals surface area contributed by atoms with Crippen molar-refractivity contribution >= 4 is 40.5 Å². The number of allylic oxidation sites excluding steroid dienone is 14. The number of rotatable bonds is 16. The third-order valence-electron chi connectivity index (χ3n) is 17.1. The van der Waals surface area contributed by atoms with Crippen LogP contribution in [-0.4, -0.2) is 45.6 Å². The van der Waals surface area contributed by atoms with Crippen LogP contribution in [0.15, 0.2) is 142 Å². The van der Waals surface area contributed by atoms with Crippen LogP contribution < -0.4 is 0 Å². The van der Waals surface area contributed by atoms with Crippen molar-refractivity contribution in [1.29, 1.82) is 0 Å². The molecule has 2 aromatic carbocycles. The van der Waals surface area contributed by atoms with Gasteiger partial charge < -0.3 is 5.11 Å². The van der Waals surface area contributed by atoms with Crippen molar-refractivity contribution in [2.24, 2.45) is 50.2 Å². The maximum absolute atomic E-state index is 14.8. The van der Waals surface area contributed by atoms with Gasteiger partial charge in [-0.05, 0) is 157 Å². The molecule has 0 spiro atoms. The molecule has 74 heavy (non-hydrogen) atoms. The Bertz CT molecular complexity index is 2780. The molecule has 3 fully saturated rings. The minimum Gasteiger partial charge on any atom is -0.511 e. The Morgan fingerprint density at radius 3 is 1.28 bits per heavy atom. The Kier molecular flexibility index (Phi) is 18.0. The number of carbonyl (C=O) groups excluding carboxylic acids is 7. The second-order valence-electron chi connectivity index (χ2n) is 24.4. The zero-order valence-corrected chi connectivity index (χ0v) is 47.4. The van der Waals surface area contributed by atoms with Crippen LogP contribution in [0.5, 0.6) is 0 Å². The highest BCUT2D eigenvalue weighted by atomic mass is 16.3. The summed E-state index contributed by atoms with van der Waals surface area (Å²) in [6, 6.07) is 17.3. The molecule has 0 saturated heterocycles. The quantitative estimate of drug-likeness (QED) is 0.0996. The van der Waals surface area contributed by atoms with E-state index in [1.807, 2.05) is 147 Å². The fraction of sp³-hybridized carbons (Fsp3) is 0.500. The summed E-state index contributed by atoms with van der Waals surface area (Å²) in [5.74, 6) is -4.78. The largest absolute Gasteiger partial charge is 0.511 e. The lowest BCUT2D eigenvalue weighted by atomic mass is 9.37. The lowest BCUT2D eigenvalue weighted by molar-refractivity contribution is -0.179. The van der Waals surface area contributed by atoms with Crippen LogP contribution in [0.25, 0.3) is 0 Å². The number of hydrogen-bond acceptors (Lipinski definition) is 8. The van der Waals surface area contributed by atoms with Gasteiger partial charge in [0, 0.05) is 16.7 Å². The second-order valence-corrected chi connectivity index (χ2v) is 24.4. The summed E-state index contributed by atoms with van der Waals surface area (Å²) in [4.78, 5) is 102. The fourth-order valence-corrected chi connectivity index (χ4v) is 12.5. The first-order valence-corrected chi connectivity index (χ1v) is 26.6. The third kappa shape index (κ3) is 10.2. The van der Waals surface area contributed by atoms with E-state index in [4.69, 9.17) is 0 Å². The monoisotopic (exact) mass is 1000 g/mol. The van der Waals surface area contributed by atoms with E-state index in [2.05, 4.69) is 12.2 Å². The van der Waals surface area contributed by atoms with E-state index < -0.39 is 73.1 Å². The molecule has 3 saturated carbocycles. The predicted molar refractivity (Wildman–Crippen MR) is 298 cm³/mol. The molecule has 1 N–H and O–H groups in total. The van der Waals surface area contributed by atoms with Gasteiger partial charge >= 0.3 is 0 Å². The zero-order valence-electron chi connectivity index (χ0n) is 47.4. The van der Waals surface area contributed by atoms with Crippen molar-refractivity contribution in [3.8, 4) is 0 Å². The van der Waals surface area contributed by atoms with E-state index in [-0.39, 0.29) is 54.6 Å². The normalized spacial score (nSPS) is 27.4. The van der Waals surface area contributed by atoms with Crippen molar-refractivity contribution in [3.63, 3.8) is 0 Å². The molecule has 0 radical (unpaired) electrons. The summed E-state index contributed by atoms with van der Waals surface area (Å²) in [6.07, 6.45) is 14.7. The number of ketones is 7. The first kappa shape index (κ1) is 59.0. The third-order valence-corrected chi connectivity index (χ3v) is 17.1. The number of hydrogen-bond donors (Lipinski definition) is 1. The highest BCUT2D eigenvalue weighted by Crippen LogP contribution is 2.67. The number of fused-ring (bicyclic) bond motifs is 4. The van der Waals surface area contributed by atoms with Crippen LogP contribution >= 0.6 is 0 Å². The molecule has 4 aliphatic rings. The molecule has 396 valence electrons. The Morgan fingerprint density at radius 2 is 0.851 bits per heavy atom. The van der Waals surface area contributed by atoms with Crippen molar-refractivity contribution in [2.75, 3.05) is 0 Å². The highest BCUT2D eigenvalue weighted by molar-refractivity contribution is 6.40. The topological polar surface area (TPSA) is 140 Å². The summed E-state index contributed by atoms with van der Waals surface area (Å²) in [7, 11) is 0. The lowest BCUT2D eigenvalue weighted by Crippen LogP contribution is -2.73. The summed E-state index contributed by atoms with van der Waals surface area (Å²) in [5, 5.41) is 11.8. The van der Waals surface area contributed by atoms with E-state index >= 15 is 0 Å². The molecule has 8 nitrogen and oxygen atoms in total. The van der Waals surface area contributed by atoms with Crippen LogP contribution in [0.3, 0.4) is 0 Å². The van der Waals surface area contributed by atoms with Crippen LogP contribution in [0.4, 0.5) is 0 Å². The average molecular weight is 1010 g/mol. The number of benzene rings is 2. The molecule has 4 bridgehead atoms. The molecule has 7 atom stereocenters. The summed E-state index contributed by atoms with van der Waals surface area (Å²) in [5.41, 5.74) is -1.36. The first-order chi connectivity index (χ1) is 34.5. The zero-order chi connectivity index (χ0) is 55.5. The SMILES string of the molecule is CC(C)=CCC1=C(O)[C@]2(CC=C(C)C)CC(CC=C(C)C)C(C)(C)[C@](C(=O)c3ccccc3)(C1=O)C2=O.CC(C)=CCC1C(=O)[C@]2(CC=C(C)C)CC(CC=C(C)C)C(C)(C)[C@](C(=O)c3ccccc3)(C1=O)C2=O. The standard InChI is InChI=1S/2C33H42O4/c2*1-21(2)14-16-25-20-32(19-18-23(5)6)28(35)26(17-15-22(3)4)29(36)33(30(32)37,31(25,7)8)27(34)24-12-10-9-11-13-24/h9-15,18,25,35H,16-17,19-20H2,1-8H3;9-15,18,25-26H,16-17,19-20H2,1-8H3/t25?,32-,33+;25?,26?,32-,33+/m00/s1. The van der Waals surface area contributed by atoms with E-state index in [9.17, 15) is 38.7 Å². The molecular weight excluding hydrogens is 921 g/mol. The minimum absolute atomic E-state index is 0.147. The van der Waals surface area contributed by atoms with Crippen LogP contribution in [-0.2, 0) is 24.0 Å². The van der Waals surface area contributed by atoms with Gasteiger partial charge in [0.15, 0.2) is 51.3 Å². The van der Waals surface area contributed by atoms with Crippen molar-refractivity contribution in [3.05, 3.63) is 153 Å². The van der Waals surface area contributed by atoms with Gasteiger partial charge in [0.2, 0.25) is 0 Å². The number of aliphatic hydroxyl groups excluding tert-OH is 1. The Balaban J connectivity index is 0.000000274. The van der Waals surface area contributed by atoms with E-state index in [0.29, 0.717) is 36.8 Å². The molecule has 0 heterocycles. The predicted octanol–water partition coefficient (Wildman–Crippen LogP) is 15.2. The molecule has 8 heteroatoms. The van der Waals surface area contributed by atoms with E-state index in [1.165, 1.54) is 0 Å². The first-order valence-electron chi connectivity index (χ1n) is 26.6. The lowest BCUT2D eigenvalue weighted by Gasteiger charge is -2.60. The van der Waals surface area contributed by atoms with Crippen molar-refractivity contribution < 1.29 is 38.7 Å². The van der Waals surface area contributed by atoms with E-state index in [1.54, 1.807) is 48.5 Å². The Hall–Kier alpha value is -5.89. The van der Waals surface area contributed by atoms with Crippen molar-refractivity contribution in [2.45, 2.75) is 162 Å². The smallest absolute Gasteiger partial charge is 0.184 e. The summed E-state index contributed by atoms with van der Waals surface area (Å²) >= 11 is 0. The molecule has 6 rings (SSSR count). The molecule has 2 aromatic rings. The maximum Gasteiger partial charge on any atom is 0.184 e. The van der Waals surface area contributed by atoms with Gasteiger partial charge in [-0.1, -0.05) is 158 Å². The summed E-state index contributed by atoms with van der Waals surface area (Å²) < 4.78 is 0. The fourth-order valence-electron chi connectivity index (χ4n) is 12.5.